The van der Waals surface area contributed by atoms with Crippen molar-refractivity contribution in [3.05, 3.63) is 59.7 Å². The number of aliphatic hydroxyl groups is 1. The Bertz CT molecular complexity index is 894. The fourth-order valence-electron chi connectivity index (χ4n) is 4.39. The third-order valence-corrected chi connectivity index (χ3v) is 7.50. The van der Waals surface area contributed by atoms with Crippen molar-refractivity contribution in [2.45, 2.75) is 56.6 Å². The minimum atomic E-state index is -0.0198. The van der Waals surface area contributed by atoms with Crippen molar-refractivity contribution in [3.8, 4) is 5.75 Å². The van der Waals surface area contributed by atoms with Gasteiger partial charge in [0.05, 0.1) is 18.9 Å². The first kappa shape index (κ1) is 22.3. The van der Waals surface area contributed by atoms with Gasteiger partial charge >= 0.3 is 0 Å². The molecule has 0 saturated carbocycles. The summed E-state index contributed by atoms with van der Waals surface area (Å²) in [7, 11) is 0. The number of aliphatic hydroxyl groups excluding tert-OH is 1. The molecule has 0 aliphatic carbocycles. The van der Waals surface area contributed by atoms with Crippen molar-refractivity contribution < 1.29 is 14.6 Å². The van der Waals surface area contributed by atoms with Crippen LogP contribution in [0.15, 0.2) is 47.9 Å². The fourth-order valence-corrected chi connectivity index (χ4v) is 5.62. The number of anilines is 1. The maximum absolute atomic E-state index is 9.97. The zero-order valence-corrected chi connectivity index (χ0v) is 19.2. The molecule has 2 aromatic carbocycles. The van der Waals surface area contributed by atoms with Gasteiger partial charge in [-0.2, -0.15) is 0 Å². The summed E-state index contributed by atoms with van der Waals surface area (Å²) in [5, 5.41) is 9.97. The summed E-state index contributed by atoms with van der Waals surface area (Å²) in [6.07, 6.45) is 7.36. The Kier molecular flexibility index (Phi) is 7.59. The van der Waals surface area contributed by atoms with Gasteiger partial charge in [-0.25, -0.2) is 0 Å². The van der Waals surface area contributed by atoms with Gasteiger partial charge in [0.2, 0.25) is 0 Å². The minimum Gasteiger partial charge on any atom is -0.493 e. The first-order valence-corrected chi connectivity index (χ1v) is 12.2. The summed E-state index contributed by atoms with van der Waals surface area (Å²) in [5.74, 6) is 1.32. The molecule has 0 aromatic heterocycles. The third-order valence-electron chi connectivity index (χ3n) is 6.35. The van der Waals surface area contributed by atoms with Crippen LogP contribution in [0.1, 0.15) is 49.3 Å². The Hall–Kier alpha value is -1.95. The number of ether oxygens (including phenoxy) is 2. The molecule has 5 heteroatoms. The van der Waals surface area contributed by atoms with Gasteiger partial charge in [-0.1, -0.05) is 25.6 Å². The Morgan fingerprint density at radius 3 is 2.77 bits per heavy atom. The zero-order chi connectivity index (χ0) is 21.6. The van der Waals surface area contributed by atoms with E-state index in [2.05, 4.69) is 48.1 Å². The summed E-state index contributed by atoms with van der Waals surface area (Å²) in [5.41, 5.74) is 4.70. The topological polar surface area (TPSA) is 41.9 Å². The van der Waals surface area contributed by atoms with E-state index in [1.807, 2.05) is 12.1 Å². The molecule has 166 valence electrons. The van der Waals surface area contributed by atoms with Crippen LogP contribution in [0.25, 0.3) is 6.08 Å². The molecule has 0 spiro atoms. The zero-order valence-electron chi connectivity index (χ0n) is 18.4. The van der Waals surface area contributed by atoms with Crippen LogP contribution in [0, 0.1) is 5.92 Å². The van der Waals surface area contributed by atoms with Crippen molar-refractivity contribution in [3.63, 3.8) is 0 Å². The van der Waals surface area contributed by atoms with Gasteiger partial charge in [-0.15, -0.1) is 0 Å². The van der Waals surface area contributed by atoms with Gasteiger partial charge in [0.1, 0.15) is 5.75 Å². The number of hydrogen-bond acceptors (Lipinski definition) is 5. The first-order chi connectivity index (χ1) is 15.2. The van der Waals surface area contributed by atoms with Crippen LogP contribution >= 0.6 is 11.9 Å². The van der Waals surface area contributed by atoms with Gasteiger partial charge in [-0.3, -0.25) is 0 Å². The second-order valence-corrected chi connectivity index (χ2v) is 9.45. The highest BCUT2D eigenvalue weighted by Crippen LogP contribution is 2.41. The third kappa shape index (κ3) is 5.28. The predicted octanol–water partition coefficient (Wildman–Crippen LogP) is 5.87. The Morgan fingerprint density at radius 1 is 1.19 bits per heavy atom. The number of hydrogen-bond donors (Lipinski definition) is 1. The summed E-state index contributed by atoms with van der Waals surface area (Å²) in [6.45, 7) is 8.47. The van der Waals surface area contributed by atoms with Gasteiger partial charge in [0, 0.05) is 29.7 Å². The van der Waals surface area contributed by atoms with Gasteiger partial charge in [-0.05, 0) is 91.4 Å². The highest BCUT2D eigenvalue weighted by Gasteiger charge is 2.26. The highest BCUT2D eigenvalue weighted by atomic mass is 32.2. The molecule has 2 aromatic rings. The molecule has 31 heavy (non-hydrogen) atoms. The SMILES string of the molecule is C=Cc1ccc2c(c1)CCC(CC)N2Sc1ccc(OCC2CCOCC2)c(CO)c1. The van der Waals surface area contributed by atoms with E-state index in [0.717, 1.165) is 61.5 Å². The van der Waals surface area contributed by atoms with Crippen LogP contribution in [0.4, 0.5) is 5.69 Å². The standard InChI is InChI=1S/C26H33NO3S/c1-3-19-5-9-25-21(15-19)6-7-23(4-2)27(25)31-24-8-10-26(22(16-24)17-28)30-18-20-11-13-29-14-12-20/h3,5,8-10,15-16,20,23,28H,1,4,6-7,11-14,17-18H2,2H3. The van der Waals surface area contributed by atoms with E-state index >= 15 is 0 Å². The van der Waals surface area contributed by atoms with Crippen molar-refractivity contribution in [2.75, 3.05) is 24.1 Å². The molecule has 2 aliphatic heterocycles. The molecule has 1 fully saturated rings. The molecule has 1 saturated heterocycles. The van der Waals surface area contributed by atoms with E-state index in [0.29, 0.717) is 18.6 Å². The first-order valence-electron chi connectivity index (χ1n) is 11.4. The lowest BCUT2D eigenvalue weighted by Gasteiger charge is -2.37. The van der Waals surface area contributed by atoms with Gasteiger partial charge < -0.3 is 18.9 Å². The molecule has 0 amide bonds. The average Bonchev–Trinajstić information content (AvgIpc) is 2.83. The molecule has 1 N–H and O–H groups in total. The van der Waals surface area contributed by atoms with Crippen molar-refractivity contribution in [1.82, 2.24) is 0 Å². The molecule has 4 rings (SSSR count). The molecule has 0 radical (unpaired) electrons. The lowest BCUT2D eigenvalue weighted by atomic mass is 9.95. The van der Waals surface area contributed by atoms with Gasteiger partial charge in [0.15, 0.2) is 0 Å². The fraction of sp³-hybridized carbons (Fsp3) is 0.462. The molecule has 1 unspecified atom stereocenters. The molecular weight excluding hydrogens is 406 g/mol. The summed E-state index contributed by atoms with van der Waals surface area (Å²) >= 11 is 1.76. The van der Waals surface area contributed by atoms with E-state index < -0.39 is 0 Å². The van der Waals surface area contributed by atoms with E-state index in [-0.39, 0.29) is 6.61 Å². The minimum absolute atomic E-state index is 0.0198. The van der Waals surface area contributed by atoms with Crippen LogP contribution < -0.4 is 9.04 Å². The average molecular weight is 440 g/mol. The molecule has 0 bridgehead atoms. The summed E-state index contributed by atoms with van der Waals surface area (Å²) < 4.78 is 14.0. The largest absolute Gasteiger partial charge is 0.493 e. The quantitative estimate of drug-likeness (QED) is 0.521. The summed E-state index contributed by atoms with van der Waals surface area (Å²) in [4.78, 5) is 1.13. The molecular formula is C26H33NO3S. The number of fused-ring (bicyclic) bond motifs is 1. The predicted molar refractivity (Wildman–Crippen MR) is 129 cm³/mol. The van der Waals surface area contributed by atoms with Crippen LogP contribution in [-0.4, -0.2) is 31.0 Å². The van der Waals surface area contributed by atoms with E-state index in [1.165, 1.54) is 16.8 Å². The Morgan fingerprint density at radius 2 is 2.03 bits per heavy atom. The number of rotatable bonds is 8. The Balaban J connectivity index is 1.51. The van der Waals surface area contributed by atoms with E-state index in [4.69, 9.17) is 9.47 Å². The van der Waals surface area contributed by atoms with Gasteiger partial charge in [0.25, 0.3) is 0 Å². The van der Waals surface area contributed by atoms with E-state index in [1.54, 1.807) is 11.9 Å². The highest BCUT2D eigenvalue weighted by molar-refractivity contribution is 8.00. The maximum atomic E-state index is 9.97. The summed E-state index contributed by atoms with van der Waals surface area (Å²) in [6, 6.07) is 13.3. The molecule has 2 heterocycles. The second-order valence-electron chi connectivity index (χ2n) is 8.40. The van der Waals surface area contributed by atoms with Crippen LogP contribution in [0.3, 0.4) is 0 Å². The molecule has 4 nitrogen and oxygen atoms in total. The number of aryl methyl sites for hydroxylation is 1. The molecule has 2 aliphatic rings. The molecule has 1 atom stereocenters. The normalized spacial score (nSPS) is 19.2. The van der Waals surface area contributed by atoms with Crippen LogP contribution in [0.2, 0.25) is 0 Å². The van der Waals surface area contributed by atoms with Crippen LogP contribution in [-0.2, 0) is 17.8 Å². The maximum Gasteiger partial charge on any atom is 0.124 e. The van der Waals surface area contributed by atoms with Crippen molar-refractivity contribution >= 4 is 23.7 Å². The Labute approximate surface area is 190 Å². The monoisotopic (exact) mass is 439 g/mol. The van der Waals surface area contributed by atoms with Crippen molar-refractivity contribution in [2.24, 2.45) is 5.92 Å². The lowest BCUT2D eigenvalue weighted by Crippen LogP contribution is -2.33. The number of benzene rings is 2. The van der Waals surface area contributed by atoms with E-state index in [9.17, 15) is 5.11 Å². The smallest absolute Gasteiger partial charge is 0.124 e. The van der Waals surface area contributed by atoms with Crippen LogP contribution in [0.5, 0.6) is 5.75 Å². The second kappa shape index (κ2) is 10.6. The lowest BCUT2D eigenvalue weighted by molar-refractivity contribution is 0.0494. The van der Waals surface area contributed by atoms with Crippen molar-refractivity contribution in [1.29, 1.82) is 0 Å². The number of nitrogens with zero attached hydrogens (tertiary/aromatic N) is 1.